The Bertz CT molecular complexity index is 573. The molecule has 7 nitrogen and oxygen atoms in total. The smallest absolute Gasteiger partial charge is 0.297 e. The number of carbonyl (C=O) groups excluding carboxylic acids is 1. The molecule has 0 aliphatic heterocycles. The van der Waals surface area contributed by atoms with Gasteiger partial charge in [0.2, 0.25) is 0 Å². The van der Waals surface area contributed by atoms with Crippen LogP contribution in [0.5, 0.6) is 5.75 Å². The molecule has 0 aliphatic carbocycles. The number of hydrogen-bond donors (Lipinski definition) is 2. The van der Waals surface area contributed by atoms with E-state index >= 15 is 0 Å². The molecular formula is C9H7Br2N5O2. The van der Waals surface area contributed by atoms with Gasteiger partial charge in [-0.1, -0.05) is 0 Å². The molecule has 18 heavy (non-hydrogen) atoms. The normalized spacial score (nSPS) is 10.2. The lowest BCUT2D eigenvalue weighted by atomic mass is 10.3. The van der Waals surface area contributed by atoms with Gasteiger partial charge in [0.25, 0.3) is 11.7 Å². The number of aromatic amines is 1. The number of hydrogen-bond acceptors (Lipinski definition) is 5. The third-order valence-corrected chi connectivity index (χ3v) is 3.31. The van der Waals surface area contributed by atoms with Gasteiger partial charge in [0.05, 0.1) is 17.3 Å². The maximum atomic E-state index is 11.7. The second kappa shape index (κ2) is 5.44. The lowest BCUT2D eigenvalue weighted by Crippen LogP contribution is -2.14. The van der Waals surface area contributed by atoms with E-state index in [9.17, 15) is 4.79 Å². The molecule has 0 radical (unpaired) electrons. The van der Waals surface area contributed by atoms with Gasteiger partial charge in [-0.3, -0.25) is 4.79 Å². The quantitative estimate of drug-likeness (QED) is 0.854. The Morgan fingerprint density at radius 1 is 1.39 bits per heavy atom. The number of nitrogens with one attached hydrogen (secondary N) is 2. The van der Waals surface area contributed by atoms with E-state index in [1.165, 1.54) is 0 Å². The van der Waals surface area contributed by atoms with Crippen molar-refractivity contribution < 1.29 is 9.53 Å². The molecule has 2 N–H and O–H groups in total. The summed E-state index contributed by atoms with van der Waals surface area (Å²) >= 11 is 6.68. The molecule has 2 rings (SSSR count). The highest BCUT2D eigenvalue weighted by atomic mass is 79.9. The van der Waals surface area contributed by atoms with Crippen LogP contribution in [-0.2, 0) is 0 Å². The van der Waals surface area contributed by atoms with Gasteiger partial charge < -0.3 is 10.1 Å². The van der Waals surface area contributed by atoms with Crippen LogP contribution in [0.25, 0.3) is 0 Å². The molecule has 0 saturated carbocycles. The van der Waals surface area contributed by atoms with Crippen molar-refractivity contribution in [3.8, 4) is 5.75 Å². The first-order valence-corrected chi connectivity index (χ1v) is 6.28. The Kier molecular flexibility index (Phi) is 3.92. The van der Waals surface area contributed by atoms with Crippen molar-refractivity contribution in [3.05, 3.63) is 26.9 Å². The van der Waals surface area contributed by atoms with Gasteiger partial charge in [-0.25, -0.2) is 0 Å². The molecule has 0 atom stereocenters. The summed E-state index contributed by atoms with van der Waals surface area (Å²) < 4.78 is 6.62. The van der Waals surface area contributed by atoms with E-state index in [2.05, 4.69) is 57.8 Å². The van der Waals surface area contributed by atoms with E-state index in [4.69, 9.17) is 4.74 Å². The average Bonchev–Trinajstić information content (AvgIpc) is 2.86. The zero-order valence-corrected chi connectivity index (χ0v) is 12.2. The summed E-state index contributed by atoms with van der Waals surface area (Å²) in [7, 11) is 1.54. The molecule has 0 saturated heterocycles. The summed E-state index contributed by atoms with van der Waals surface area (Å²) in [6.07, 6.45) is 0. The molecule has 0 unspecified atom stereocenters. The Balaban J connectivity index is 2.26. The van der Waals surface area contributed by atoms with Crippen LogP contribution in [0.2, 0.25) is 0 Å². The molecule has 1 amide bonds. The monoisotopic (exact) mass is 375 g/mol. The first kappa shape index (κ1) is 13.0. The lowest BCUT2D eigenvalue weighted by Gasteiger charge is -2.09. The fraction of sp³-hybridized carbons (Fsp3) is 0.111. The van der Waals surface area contributed by atoms with Crippen molar-refractivity contribution in [1.29, 1.82) is 0 Å². The third kappa shape index (κ3) is 2.67. The van der Waals surface area contributed by atoms with E-state index in [0.717, 1.165) is 4.47 Å². The zero-order chi connectivity index (χ0) is 13.1. The Hall–Kier alpha value is -1.48. The van der Waals surface area contributed by atoms with Crippen molar-refractivity contribution in [2.75, 3.05) is 12.4 Å². The second-order valence-electron chi connectivity index (χ2n) is 3.16. The standard InChI is InChI=1S/C9H7Br2N5O2/c1-18-7-3-6(4(10)2-5(7)11)12-9(17)8-13-15-16-14-8/h2-3H,1H3,(H,12,17)(H,13,14,15,16). The first-order valence-electron chi connectivity index (χ1n) is 4.69. The second-order valence-corrected chi connectivity index (χ2v) is 4.86. The minimum Gasteiger partial charge on any atom is -0.495 e. The summed E-state index contributed by atoms with van der Waals surface area (Å²) in [4.78, 5) is 11.7. The maximum Gasteiger partial charge on any atom is 0.297 e. The van der Waals surface area contributed by atoms with Crippen molar-refractivity contribution >= 4 is 43.5 Å². The number of amides is 1. The molecular weight excluding hydrogens is 370 g/mol. The van der Waals surface area contributed by atoms with Gasteiger partial charge in [0, 0.05) is 10.5 Å². The summed E-state index contributed by atoms with van der Waals surface area (Å²) in [5.74, 6) is 0.0965. The van der Waals surface area contributed by atoms with E-state index in [0.29, 0.717) is 15.9 Å². The SMILES string of the molecule is COc1cc(NC(=O)c2nn[nH]n2)c(Br)cc1Br. The van der Waals surface area contributed by atoms with E-state index in [-0.39, 0.29) is 5.82 Å². The number of benzene rings is 1. The lowest BCUT2D eigenvalue weighted by molar-refractivity contribution is 0.101. The van der Waals surface area contributed by atoms with E-state index in [1.54, 1.807) is 19.2 Å². The van der Waals surface area contributed by atoms with Gasteiger partial charge in [0.1, 0.15) is 5.75 Å². The Labute approximate surface area is 119 Å². The van der Waals surface area contributed by atoms with Gasteiger partial charge >= 0.3 is 0 Å². The minimum absolute atomic E-state index is 0.0382. The molecule has 0 aliphatic rings. The summed E-state index contributed by atoms with van der Waals surface area (Å²) in [5, 5.41) is 15.3. The average molecular weight is 377 g/mol. The highest BCUT2D eigenvalue weighted by Crippen LogP contribution is 2.34. The van der Waals surface area contributed by atoms with Gasteiger partial charge in [-0.2, -0.15) is 5.21 Å². The fourth-order valence-corrected chi connectivity index (χ4v) is 2.47. The van der Waals surface area contributed by atoms with Crippen LogP contribution in [0.4, 0.5) is 5.69 Å². The molecule has 0 fully saturated rings. The number of halogens is 2. The summed E-state index contributed by atoms with van der Waals surface area (Å²) in [6, 6.07) is 3.44. The van der Waals surface area contributed by atoms with Crippen molar-refractivity contribution in [2.24, 2.45) is 0 Å². The maximum absolute atomic E-state index is 11.7. The van der Waals surface area contributed by atoms with Crippen LogP contribution in [-0.4, -0.2) is 33.6 Å². The number of anilines is 1. The van der Waals surface area contributed by atoms with Crippen LogP contribution >= 0.6 is 31.9 Å². The minimum atomic E-state index is -0.464. The van der Waals surface area contributed by atoms with Crippen molar-refractivity contribution in [1.82, 2.24) is 20.6 Å². The number of tetrazole rings is 1. The molecule has 2 aromatic rings. The molecule has 1 aromatic carbocycles. The first-order chi connectivity index (χ1) is 8.61. The molecule has 94 valence electrons. The van der Waals surface area contributed by atoms with Crippen LogP contribution in [0, 0.1) is 0 Å². The number of nitrogens with zero attached hydrogens (tertiary/aromatic N) is 3. The van der Waals surface area contributed by atoms with Crippen LogP contribution in [0.1, 0.15) is 10.6 Å². The highest BCUT2D eigenvalue weighted by molar-refractivity contribution is 9.11. The van der Waals surface area contributed by atoms with Crippen LogP contribution < -0.4 is 10.1 Å². The highest BCUT2D eigenvalue weighted by Gasteiger charge is 2.14. The fourth-order valence-electron chi connectivity index (χ4n) is 1.22. The molecule has 9 heteroatoms. The largest absolute Gasteiger partial charge is 0.495 e. The van der Waals surface area contributed by atoms with E-state index in [1.807, 2.05) is 0 Å². The molecule has 0 spiro atoms. The van der Waals surface area contributed by atoms with Gasteiger partial charge in [-0.15, -0.1) is 10.2 Å². The number of aromatic nitrogens is 4. The number of rotatable bonds is 3. The number of ether oxygens (including phenoxy) is 1. The topological polar surface area (TPSA) is 92.8 Å². The zero-order valence-electron chi connectivity index (χ0n) is 9.07. The Morgan fingerprint density at radius 3 is 2.78 bits per heavy atom. The van der Waals surface area contributed by atoms with Crippen LogP contribution in [0.15, 0.2) is 21.1 Å². The predicted octanol–water partition coefficient (Wildman–Crippen LogP) is 1.99. The van der Waals surface area contributed by atoms with Gasteiger partial charge in [-0.05, 0) is 43.1 Å². The predicted molar refractivity (Wildman–Crippen MR) is 70.5 cm³/mol. The molecule has 1 aromatic heterocycles. The van der Waals surface area contributed by atoms with Crippen molar-refractivity contribution in [2.45, 2.75) is 0 Å². The molecule has 0 bridgehead atoms. The van der Waals surface area contributed by atoms with Crippen LogP contribution in [0.3, 0.4) is 0 Å². The van der Waals surface area contributed by atoms with Crippen molar-refractivity contribution in [3.63, 3.8) is 0 Å². The number of carbonyl (C=O) groups is 1. The number of H-pyrrole nitrogens is 1. The molecule has 1 heterocycles. The number of methoxy groups -OCH3 is 1. The van der Waals surface area contributed by atoms with Gasteiger partial charge in [0.15, 0.2) is 0 Å². The van der Waals surface area contributed by atoms with E-state index < -0.39 is 5.91 Å². The Morgan fingerprint density at radius 2 is 2.17 bits per heavy atom. The third-order valence-electron chi connectivity index (χ3n) is 2.04. The summed E-state index contributed by atoms with van der Waals surface area (Å²) in [5.41, 5.74) is 0.546. The summed E-state index contributed by atoms with van der Waals surface area (Å²) in [6.45, 7) is 0.